The third kappa shape index (κ3) is 3.33. The van der Waals surface area contributed by atoms with E-state index in [0.29, 0.717) is 6.61 Å². The minimum absolute atomic E-state index is 0.116. The minimum Gasteiger partial charge on any atom is -0.502 e. The summed E-state index contributed by atoms with van der Waals surface area (Å²) in [6.45, 7) is 2.39. The van der Waals surface area contributed by atoms with Crippen LogP contribution in [0.25, 0.3) is 0 Å². The maximum atomic E-state index is 13.0. The average Bonchev–Trinajstić information content (AvgIpc) is 3.15. The van der Waals surface area contributed by atoms with Crippen molar-refractivity contribution in [3.05, 3.63) is 45.7 Å². The second-order valence-corrected chi connectivity index (χ2v) is 7.20. The summed E-state index contributed by atoms with van der Waals surface area (Å²) >= 11 is 1.49. The highest BCUT2D eigenvalue weighted by Crippen LogP contribution is 2.49. The summed E-state index contributed by atoms with van der Waals surface area (Å²) in [6, 6.07) is 3.83. The number of thiophene rings is 1. The van der Waals surface area contributed by atoms with Crippen molar-refractivity contribution in [1.82, 2.24) is 4.90 Å². The van der Waals surface area contributed by atoms with Crippen LogP contribution in [-0.2, 0) is 24.5 Å². The van der Waals surface area contributed by atoms with E-state index in [1.54, 1.807) is 6.08 Å². The molecule has 1 aliphatic carbocycles. The quantitative estimate of drug-likeness (QED) is 0.550. The summed E-state index contributed by atoms with van der Waals surface area (Å²) in [6.07, 6.45) is 3.35. The molecule has 1 heterocycles. The number of nitrogens with zero attached hydrogens (tertiary/aromatic N) is 1. The van der Waals surface area contributed by atoms with E-state index in [-0.39, 0.29) is 23.2 Å². The molecule has 6 nitrogen and oxygen atoms in total. The molecule has 7 heteroatoms. The highest BCUT2D eigenvalue weighted by molar-refractivity contribution is 7.10. The van der Waals surface area contributed by atoms with Gasteiger partial charge in [0.2, 0.25) is 0 Å². The van der Waals surface area contributed by atoms with E-state index < -0.39 is 11.5 Å². The molecular weight excluding hydrogens is 354 g/mol. The van der Waals surface area contributed by atoms with Gasteiger partial charge in [-0.3, -0.25) is 9.69 Å². The molecule has 1 aliphatic rings. The molecule has 0 saturated carbocycles. The maximum Gasteiger partial charge on any atom is 0.315 e. The first-order valence-electron chi connectivity index (χ1n) is 8.56. The molecule has 0 radical (unpaired) electrons. The van der Waals surface area contributed by atoms with Gasteiger partial charge in [-0.05, 0) is 38.0 Å². The summed E-state index contributed by atoms with van der Waals surface area (Å²) < 4.78 is 16.4. The monoisotopic (exact) mass is 381 g/mol. The van der Waals surface area contributed by atoms with Crippen molar-refractivity contribution < 1.29 is 24.1 Å². The first-order chi connectivity index (χ1) is 12.4. The van der Waals surface area contributed by atoms with Crippen molar-refractivity contribution in [3.63, 3.8) is 0 Å². The summed E-state index contributed by atoms with van der Waals surface area (Å²) in [4.78, 5) is 15.8. The van der Waals surface area contributed by atoms with Gasteiger partial charge in [0.25, 0.3) is 0 Å². The van der Waals surface area contributed by atoms with Gasteiger partial charge in [-0.15, -0.1) is 11.3 Å². The van der Waals surface area contributed by atoms with Gasteiger partial charge in [0.15, 0.2) is 17.3 Å². The van der Waals surface area contributed by atoms with Crippen molar-refractivity contribution in [2.75, 3.05) is 34.9 Å². The van der Waals surface area contributed by atoms with E-state index in [4.69, 9.17) is 14.2 Å². The Bertz CT molecular complexity index is 680. The van der Waals surface area contributed by atoms with Crippen molar-refractivity contribution in [3.8, 4) is 0 Å². The van der Waals surface area contributed by atoms with Crippen molar-refractivity contribution >= 4 is 17.3 Å². The molecule has 2 atom stereocenters. The summed E-state index contributed by atoms with van der Waals surface area (Å²) in [5, 5.41) is 12.6. The summed E-state index contributed by atoms with van der Waals surface area (Å²) in [7, 11) is 6.63. The highest BCUT2D eigenvalue weighted by Gasteiger charge is 2.55. The number of hydrogen-bond acceptors (Lipinski definition) is 7. The number of hydrogen-bond donors (Lipinski definition) is 1. The SMILES string of the molecule is CCCCOC(=O)C1C=C(OC)C(O)=C(OC)C1(c1cccs1)N(C)C. The molecule has 0 spiro atoms. The zero-order valence-electron chi connectivity index (χ0n) is 15.9. The zero-order chi connectivity index (χ0) is 19.3. The lowest BCUT2D eigenvalue weighted by molar-refractivity contribution is -0.152. The van der Waals surface area contributed by atoms with Crippen LogP contribution in [0.5, 0.6) is 0 Å². The Morgan fingerprint density at radius 2 is 2.08 bits per heavy atom. The predicted molar refractivity (Wildman–Crippen MR) is 101 cm³/mol. The Kier molecular flexibility index (Phi) is 6.72. The Hall–Kier alpha value is -1.99. The lowest BCUT2D eigenvalue weighted by atomic mass is 9.75. The second-order valence-electron chi connectivity index (χ2n) is 6.25. The van der Waals surface area contributed by atoms with Gasteiger partial charge in [-0.25, -0.2) is 0 Å². The third-order valence-corrected chi connectivity index (χ3v) is 5.58. The van der Waals surface area contributed by atoms with Crippen LogP contribution in [0.3, 0.4) is 0 Å². The van der Waals surface area contributed by atoms with Gasteiger partial charge >= 0.3 is 5.97 Å². The van der Waals surface area contributed by atoms with Crippen LogP contribution >= 0.6 is 11.3 Å². The van der Waals surface area contributed by atoms with Crippen molar-refractivity contribution in [2.45, 2.75) is 25.3 Å². The van der Waals surface area contributed by atoms with Gasteiger partial charge in [0.05, 0.1) is 20.8 Å². The number of rotatable bonds is 8. The number of carbonyl (C=O) groups is 1. The lowest BCUT2D eigenvalue weighted by Gasteiger charge is -2.45. The van der Waals surface area contributed by atoms with Gasteiger partial charge in [0, 0.05) is 4.88 Å². The van der Waals surface area contributed by atoms with Crippen LogP contribution < -0.4 is 0 Å². The zero-order valence-corrected chi connectivity index (χ0v) is 16.8. The van der Waals surface area contributed by atoms with Gasteiger partial charge in [0.1, 0.15) is 11.5 Å². The molecule has 2 rings (SSSR count). The fourth-order valence-electron chi connectivity index (χ4n) is 3.31. The smallest absolute Gasteiger partial charge is 0.315 e. The molecule has 0 amide bonds. The second kappa shape index (κ2) is 8.60. The van der Waals surface area contributed by atoms with E-state index in [9.17, 15) is 9.90 Å². The third-order valence-electron chi connectivity index (χ3n) is 4.59. The number of ether oxygens (including phenoxy) is 3. The van der Waals surface area contributed by atoms with Gasteiger partial charge in [-0.1, -0.05) is 19.4 Å². The number of aliphatic hydroxyl groups excluding tert-OH is 1. The standard InChI is InChI=1S/C19H27NO5S/c1-6-7-10-25-18(22)13-12-14(23-4)16(21)17(24-5)19(13,20(2)3)15-9-8-11-26-15/h8-9,11-13,21H,6-7,10H2,1-5H3. The molecule has 0 aromatic carbocycles. The van der Waals surface area contributed by atoms with Crippen LogP contribution in [0.15, 0.2) is 40.9 Å². The largest absolute Gasteiger partial charge is 0.502 e. The summed E-state index contributed by atoms with van der Waals surface area (Å²) in [5.74, 6) is -0.754. The molecule has 1 aromatic heterocycles. The first kappa shape index (κ1) is 20.3. The highest BCUT2D eigenvalue weighted by atomic mass is 32.1. The van der Waals surface area contributed by atoms with Crippen LogP contribution in [0.1, 0.15) is 24.6 Å². The van der Waals surface area contributed by atoms with Crippen molar-refractivity contribution in [2.24, 2.45) is 5.92 Å². The minimum atomic E-state index is -1.02. The lowest BCUT2D eigenvalue weighted by Crippen LogP contribution is -2.53. The van der Waals surface area contributed by atoms with Crippen LogP contribution in [0, 0.1) is 5.92 Å². The Morgan fingerprint density at radius 1 is 1.35 bits per heavy atom. The van der Waals surface area contributed by atoms with Gasteiger partial charge < -0.3 is 19.3 Å². The molecule has 26 heavy (non-hydrogen) atoms. The van der Waals surface area contributed by atoms with E-state index in [2.05, 4.69) is 0 Å². The number of aliphatic hydroxyl groups is 1. The topological polar surface area (TPSA) is 68.2 Å². The van der Waals surface area contributed by atoms with Crippen molar-refractivity contribution in [1.29, 1.82) is 0 Å². The molecule has 1 aromatic rings. The Balaban J connectivity index is 2.64. The van der Waals surface area contributed by atoms with E-state index >= 15 is 0 Å². The molecule has 0 saturated heterocycles. The molecule has 0 aliphatic heterocycles. The normalized spacial score (nSPS) is 23.0. The maximum absolute atomic E-state index is 13.0. The van der Waals surface area contributed by atoms with E-state index in [1.165, 1.54) is 25.6 Å². The van der Waals surface area contributed by atoms with Gasteiger partial charge in [-0.2, -0.15) is 0 Å². The number of carbonyl (C=O) groups excluding carboxylic acids is 1. The number of esters is 1. The first-order valence-corrected chi connectivity index (χ1v) is 9.44. The van der Waals surface area contributed by atoms with Crippen LogP contribution in [-0.4, -0.2) is 50.9 Å². The summed E-state index contributed by atoms with van der Waals surface area (Å²) in [5.41, 5.74) is -1.02. The Morgan fingerprint density at radius 3 is 2.58 bits per heavy atom. The molecule has 1 N–H and O–H groups in total. The fraction of sp³-hybridized carbons (Fsp3) is 0.526. The average molecular weight is 381 g/mol. The molecular formula is C19H27NO5S. The fourth-order valence-corrected chi connectivity index (χ4v) is 4.35. The molecule has 144 valence electrons. The number of methoxy groups -OCH3 is 2. The molecule has 2 unspecified atom stereocenters. The van der Waals surface area contributed by atoms with E-state index in [1.807, 2.05) is 43.4 Å². The molecule has 0 bridgehead atoms. The van der Waals surface area contributed by atoms with Crippen LogP contribution in [0.4, 0.5) is 0 Å². The molecule has 0 fully saturated rings. The van der Waals surface area contributed by atoms with Crippen LogP contribution in [0.2, 0.25) is 0 Å². The number of likely N-dealkylation sites (N-methyl/N-ethyl adjacent to an activating group) is 1. The Labute approximate surface area is 158 Å². The van der Waals surface area contributed by atoms with E-state index in [0.717, 1.165) is 17.7 Å². The number of unbranched alkanes of at least 4 members (excludes halogenated alkanes) is 1. The predicted octanol–water partition coefficient (Wildman–Crippen LogP) is 3.42.